The van der Waals surface area contributed by atoms with Gasteiger partial charge in [0.1, 0.15) is 24.5 Å². The lowest BCUT2D eigenvalue weighted by atomic mass is 10.2. The molecule has 2 heterocycles. The molecule has 3 rings (SSSR count). The lowest BCUT2D eigenvalue weighted by Gasteiger charge is -2.17. The van der Waals surface area contributed by atoms with Gasteiger partial charge >= 0.3 is 23.6 Å². The van der Waals surface area contributed by atoms with E-state index in [-0.39, 0.29) is 11.6 Å². The number of rotatable bonds is 10. The van der Waals surface area contributed by atoms with E-state index in [9.17, 15) is 34.2 Å². The van der Waals surface area contributed by atoms with E-state index in [0.717, 1.165) is 10.8 Å². The van der Waals surface area contributed by atoms with Gasteiger partial charge in [-0.15, -0.1) is 0 Å². The highest BCUT2D eigenvalue weighted by Crippen LogP contribution is 2.60. The van der Waals surface area contributed by atoms with Gasteiger partial charge in [-0.1, -0.05) is 0 Å². The molecule has 34 heavy (non-hydrogen) atoms. The van der Waals surface area contributed by atoms with Gasteiger partial charge in [0.15, 0.2) is 23.2 Å². The number of nitrogens with two attached hydrogens (primary N) is 2. The van der Waals surface area contributed by atoms with Crippen LogP contribution in [0.2, 0.25) is 0 Å². The van der Waals surface area contributed by atoms with Crippen molar-refractivity contribution in [2.45, 2.75) is 42.7 Å². The molecular formula is C18H21N5O11. The first-order valence-corrected chi connectivity index (χ1v) is 9.70. The number of anilines is 1. The zero-order valence-electron chi connectivity index (χ0n) is 17.3. The Morgan fingerprint density at radius 2 is 1.91 bits per heavy atom. The second kappa shape index (κ2) is 9.18. The topological polar surface area (TPSA) is 267 Å². The molecule has 0 saturated heterocycles. The molecule has 0 bridgehead atoms. The van der Waals surface area contributed by atoms with E-state index >= 15 is 0 Å². The Hall–Kier alpha value is -3.86. The first kappa shape index (κ1) is 24.8. The number of carbonyl (C=O) groups excluding carboxylic acids is 2. The van der Waals surface area contributed by atoms with Gasteiger partial charge < -0.3 is 46.7 Å². The molecule has 1 aliphatic heterocycles. The summed E-state index contributed by atoms with van der Waals surface area (Å²) in [6.45, 7) is -0.756. The van der Waals surface area contributed by atoms with Crippen molar-refractivity contribution in [3.05, 3.63) is 34.3 Å². The molecule has 16 nitrogen and oxygen atoms in total. The van der Waals surface area contributed by atoms with E-state index in [2.05, 4.69) is 10.3 Å². The minimum absolute atomic E-state index is 0.230. The molecule has 16 heteroatoms. The van der Waals surface area contributed by atoms with Crippen LogP contribution in [0.4, 0.5) is 5.82 Å². The average Bonchev–Trinajstić information content (AvgIpc) is 3.22. The molecule has 5 atom stereocenters. The van der Waals surface area contributed by atoms with Crippen LogP contribution in [-0.4, -0.2) is 84.2 Å². The van der Waals surface area contributed by atoms with Crippen LogP contribution >= 0.6 is 0 Å². The van der Waals surface area contributed by atoms with Gasteiger partial charge in [0, 0.05) is 6.20 Å². The van der Waals surface area contributed by atoms with Crippen LogP contribution in [0.15, 0.2) is 28.6 Å². The third-order valence-corrected chi connectivity index (χ3v) is 5.12. The Morgan fingerprint density at radius 3 is 2.47 bits per heavy atom. The molecule has 1 amide bonds. The number of carbonyl (C=O) groups is 4. The van der Waals surface area contributed by atoms with Crippen molar-refractivity contribution in [3.8, 4) is 0 Å². The number of aliphatic hydroxyl groups is 2. The van der Waals surface area contributed by atoms with Gasteiger partial charge in [-0.25, -0.2) is 4.79 Å². The molecule has 9 N–H and O–H groups in total. The van der Waals surface area contributed by atoms with E-state index < -0.39 is 84.5 Å². The second-order valence-electron chi connectivity index (χ2n) is 7.54. The highest BCUT2D eigenvalue weighted by atomic mass is 16.6. The van der Waals surface area contributed by atoms with Gasteiger partial charge in [-0.2, -0.15) is 4.98 Å². The number of aliphatic hydroxyl groups excluding tert-OH is 1. The Kier molecular flexibility index (Phi) is 6.69. The van der Waals surface area contributed by atoms with Crippen molar-refractivity contribution in [1.82, 2.24) is 9.55 Å². The fourth-order valence-electron chi connectivity index (χ4n) is 3.40. The van der Waals surface area contributed by atoms with E-state index in [1.54, 1.807) is 0 Å². The quantitative estimate of drug-likeness (QED) is 0.157. The number of fused-ring (bicyclic) bond motifs is 1. The zero-order chi connectivity index (χ0) is 25.4. The molecule has 2 unspecified atom stereocenters. The van der Waals surface area contributed by atoms with Gasteiger partial charge in [0.05, 0.1) is 18.9 Å². The van der Waals surface area contributed by atoms with Crippen LogP contribution in [0, 0.1) is 0 Å². The third-order valence-electron chi connectivity index (χ3n) is 5.12. The number of carboxylic acids is 2. The maximum absolute atomic E-state index is 12.5. The summed E-state index contributed by atoms with van der Waals surface area (Å²) in [5, 5.41) is 40.1. The predicted molar refractivity (Wildman–Crippen MR) is 107 cm³/mol. The van der Waals surface area contributed by atoms with Gasteiger partial charge in [0.2, 0.25) is 5.91 Å². The van der Waals surface area contributed by atoms with Crippen LogP contribution < -0.4 is 22.5 Å². The monoisotopic (exact) mass is 483 g/mol. The molecule has 0 aromatic carbocycles. The molecule has 184 valence electrons. The normalized spacial score (nSPS) is 24.5. The molecule has 1 aliphatic carbocycles. The largest absolute Gasteiger partial charge is 0.483 e. The minimum atomic E-state index is -2.04. The van der Waals surface area contributed by atoms with Crippen molar-refractivity contribution in [2.24, 2.45) is 11.5 Å². The van der Waals surface area contributed by atoms with Crippen LogP contribution in [0.25, 0.3) is 0 Å². The van der Waals surface area contributed by atoms with Crippen molar-refractivity contribution < 1.29 is 49.1 Å². The van der Waals surface area contributed by atoms with E-state index in [0.29, 0.717) is 0 Å². The second-order valence-corrected chi connectivity index (χ2v) is 7.54. The maximum atomic E-state index is 12.5. The highest BCUT2D eigenvalue weighted by molar-refractivity contribution is 5.95. The number of hydrogen-bond acceptors (Lipinski definition) is 12. The number of esters is 1. The summed E-state index contributed by atoms with van der Waals surface area (Å²) < 4.78 is 11.3. The summed E-state index contributed by atoms with van der Waals surface area (Å²) in [6.07, 6.45) is -1.36. The number of hydrogen-bond donors (Lipinski definition) is 7. The molecule has 1 aromatic rings. The van der Waals surface area contributed by atoms with Crippen LogP contribution in [0.1, 0.15) is 18.9 Å². The smallest absolute Gasteiger partial charge is 0.350 e. The SMILES string of the molecule is N[C@@H](CC(=O)OC1=C(CO)OC2[C@@H](n3ccc(NC(=O)[C@@H](N)CC(=O)O)nc3=O)C12O)C(=O)O. The van der Waals surface area contributed by atoms with Crippen LogP contribution in [0.5, 0.6) is 0 Å². The van der Waals surface area contributed by atoms with Crippen molar-refractivity contribution in [1.29, 1.82) is 0 Å². The lowest BCUT2D eigenvalue weighted by Crippen LogP contribution is -2.38. The summed E-state index contributed by atoms with van der Waals surface area (Å²) in [6, 6.07) is -2.89. The number of ether oxygens (including phenoxy) is 2. The third kappa shape index (κ3) is 4.60. The van der Waals surface area contributed by atoms with Crippen molar-refractivity contribution in [2.75, 3.05) is 11.9 Å². The summed E-state index contributed by atoms with van der Waals surface area (Å²) in [5.74, 6) is -5.74. The molecule has 1 saturated carbocycles. The molecule has 0 spiro atoms. The van der Waals surface area contributed by atoms with E-state index in [1.165, 1.54) is 6.07 Å². The summed E-state index contributed by atoms with van der Waals surface area (Å²) >= 11 is 0. The Morgan fingerprint density at radius 1 is 1.24 bits per heavy atom. The summed E-state index contributed by atoms with van der Waals surface area (Å²) in [4.78, 5) is 61.5. The molecule has 2 aliphatic rings. The summed E-state index contributed by atoms with van der Waals surface area (Å²) in [7, 11) is 0. The summed E-state index contributed by atoms with van der Waals surface area (Å²) in [5.41, 5.74) is 7.73. The number of nitrogens with one attached hydrogen (secondary N) is 1. The highest BCUT2D eigenvalue weighted by Gasteiger charge is 2.76. The Labute approximate surface area is 189 Å². The number of aliphatic carboxylic acids is 2. The van der Waals surface area contributed by atoms with E-state index in [1.807, 2.05) is 0 Å². The standard InChI is InChI=1S/C18H21N5O11/c19-6(3-10(25)26)15(28)21-9-1-2-23(17(31)22-9)12-14-18(12,32)13(8(5-24)33-14)34-11(27)4-7(20)16(29)30/h1-2,6-7,12,14,24,32H,3-5,19-20H2,(H,25,26)(H,29,30)(H,21,22,28,31)/t6-,7-,12+,14?,18?/m0/s1. The van der Waals surface area contributed by atoms with E-state index in [4.69, 9.17) is 31.2 Å². The number of aromatic nitrogens is 2. The maximum Gasteiger partial charge on any atom is 0.350 e. The predicted octanol–water partition coefficient (Wildman–Crippen LogP) is -3.78. The van der Waals surface area contributed by atoms with Crippen LogP contribution in [-0.2, 0) is 28.7 Å². The van der Waals surface area contributed by atoms with Gasteiger partial charge in [0.25, 0.3) is 0 Å². The number of carboxylic acid groups (broad SMARTS) is 2. The molecule has 1 fully saturated rings. The number of amides is 1. The fraction of sp³-hybridized carbons (Fsp3) is 0.444. The Balaban J connectivity index is 1.76. The molecule has 0 radical (unpaired) electrons. The first-order chi connectivity index (χ1) is 15.9. The fourth-order valence-corrected chi connectivity index (χ4v) is 3.40. The molecular weight excluding hydrogens is 462 g/mol. The minimum Gasteiger partial charge on any atom is -0.483 e. The van der Waals surface area contributed by atoms with Gasteiger partial charge in [-0.3, -0.25) is 23.7 Å². The zero-order valence-corrected chi connectivity index (χ0v) is 17.3. The first-order valence-electron chi connectivity index (χ1n) is 9.70. The van der Waals surface area contributed by atoms with Crippen LogP contribution in [0.3, 0.4) is 0 Å². The Bertz CT molecular complexity index is 1130. The average molecular weight is 483 g/mol. The lowest BCUT2D eigenvalue weighted by molar-refractivity contribution is -0.147. The van der Waals surface area contributed by atoms with Gasteiger partial charge in [-0.05, 0) is 6.07 Å². The van der Waals surface area contributed by atoms with Crippen molar-refractivity contribution >= 4 is 29.6 Å². The van der Waals surface area contributed by atoms with Crippen molar-refractivity contribution in [3.63, 3.8) is 0 Å². The number of nitrogens with zero attached hydrogens (tertiary/aromatic N) is 2. The molecule has 1 aromatic heterocycles.